The zero-order valence-corrected chi connectivity index (χ0v) is 19.8. The number of carbonyl (C=O) groups excluding carboxylic acids is 4. The van der Waals surface area contributed by atoms with Crippen LogP contribution < -0.4 is 21.3 Å². The minimum absolute atomic E-state index is 0.0104. The Morgan fingerprint density at radius 1 is 1.15 bits per heavy atom. The van der Waals surface area contributed by atoms with Gasteiger partial charge in [0.2, 0.25) is 17.7 Å². The molecule has 34 heavy (non-hydrogen) atoms. The van der Waals surface area contributed by atoms with E-state index in [1.165, 1.54) is 0 Å². The molecule has 1 saturated heterocycles. The van der Waals surface area contributed by atoms with Gasteiger partial charge in [-0.1, -0.05) is 6.07 Å². The molecule has 2 aliphatic heterocycles. The Morgan fingerprint density at radius 2 is 1.91 bits per heavy atom. The summed E-state index contributed by atoms with van der Waals surface area (Å²) in [6.45, 7) is 3.41. The number of benzene rings is 1. The summed E-state index contributed by atoms with van der Waals surface area (Å²) >= 11 is 0. The molecule has 1 aromatic rings. The first-order valence-electron chi connectivity index (χ1n) is 12.4. The van der Waals surface area contributed by atoms with Gasteiger partial charge in [-0.2, -0.15) is 0 Å². The first-order chi connectivity index (χ1) is 16.4. The molecule has 0 aromatic heterocycles. The number of rotatable bonds is 8. The van der Waals surface area contributed by atoms with E-state index in [1.807, 2.05) is 12.1 Å². The van der Waals surface area contributed by atoms with Gasteiger partial charge in [-0.3, -0.25) is 24.5 Å². The van der Waals surface area contributed by atoms with Gasteiger partial charge in [0.15, 0.2) is 0 Å². The van der Waals surface area contributed by atoms with Gasteiger partial charge in [-0.05, 0) is 63.6 Å². The number of anilines is 1. The van der Waals surface area contributed by atoms with Crippen molar-refractivity contribution in [1.82, 2.24) is 15.5 Å². The molecular weight excluding hydrogens is 434 g/mol. The number of fused-ring (bicyclic) bond motifs is 1. The van der Waals surface area contributed by atoms with Crippen LogP contribution in [0.4, 0.5) is 5.69 Å². The van der Waals surface area contributed by atoms with Crippen LogP contribution in [-0.2, 0) is 20.9 Å². The number of piperidine rings is 1. The van der Waals surface area contributed by atoms with Crippen LogP contribution in [0.1, 0.15) is 74.2 Å². The predicted octanol–water partition coefficient (Wildman–Crippen LogP) is 1.44. The van der Waals surface area contributed by atoms with Crippen LogP contribution in [0.2, 0.25) is 0 Å². The summed E-state index contributed by atoms with van der Waals surface area (Å²) in [6, 6.07) is 5.73. The van der Waals surface area contributed by atoms with Crippen molar-refractivity contribution in [2.24, 2.45) is 5.73 Å². The van der Waals surface area contributed by atoms with Crippen molar-refractivity contribution >= 4 is 29.3 Å². The maximum absolute atomic E-state index is 13.3. The molecule has 1 atom stereocenters. The Bertz CT molecular complexity index is 957. The van der Waals surface area contributed by atoms with Crippen LogP contribution in [0.3, 0.4) is 0 Å². The van der Waals surface area contributed by atoms with Crippen molar-refractivity contribution in [3.05, 3.63) is 29.3 Å². The summed E-state index contributed by atoms with van der Waals surface area (Å²) in [5.74, 6) is -0.819. The van der Waals surface area contributed by atoms with Crippen molar-refractivity contribution in [2.75, 3.05) is 18.0 Å². The second-order valence-electron chi connectivity index (χ2n) is 9.60. The van der Waals surface area contributed by atoms with Gasteiger partial charge in [0, 0.05) is 55.3 Å². The molecule has 2 fully saturated rings. The molecule has 1 saturated carbocycles. The van der Waals surface area contributed by atoms with Crippen LogP contribution in [0.15, 0.2) is 18.2 Å². The van der Waals surface area contributed by atoms with Crippen molar-refractivity contribution in [3.8, 4) is 0 Å². The van der Waals surface area contributed by atoms with E-state index in [-0.39, 0.29) is 30.2 Å². The summed E-state index contributed by atoms with van der Waals surface area (Å²) < 4.78 is 0. The maximum Gasteiger partial charge on any atom is 0.255 e. The van der Waals surface area contributed by atoms with E-state index in [0.29, 0.717) is 31.1 Å². The van der Waals surface area contributed by atoms with Crippen molar-refractivity contribution in [1.29, 1.82) is 0 Å². The second kappa shape index (κ2) is 10.5. The molecule has 9 nitrogen and oxygen atoms in total. The third-order valence-corrected chi connectivity index (χ3v) is 7.26. The lowest BCUT2D eigenvalue weighted by molar-refractivity contribution is -0.137. The van der Waals surface area contributed by atoms with Crippen molar-refractivity contribution < 1.29 is 19.2 Å². The monoisotopic (exact) mass is 469 g/mol. The number of nitrogens with two attached hydrogens (primary N) is 1. The van der Waals surface area contributed by atoms with Gasteiger partial charge >= 0.3 is 0 Å². The van der Waals surface area contributed by atoms with Gasteiger partial charge in [-0.15, -0.1) is 0 Å². The highest BCUT2D eigenvalue weighted by Crippen LogP contribution is 2.37. The number of hydrogen-bond acceptors (Lipinski definition) is 6. The summed E-state index contributed by atoms with van der Waals surface area (Å²) in [4.78, 5) is 52.8. The number of unbranched alkanes of at least 4 members (excludes halogenated alkanes) is 1. The minimum atomic E-state index is -0.621. The van der Waals surface area contributed by atoms with Crippen LogP contribution in [0, 0.1) is 0 Å². The number of imide groups is 1. The van der Waals surface area contributed by atoms with E-state index in [2.05, 4.69) is 21.6 Å². The standard InChI is InChI=1S/C25H35N5O4/c1-16(31)27-17-7-9-18(10-8-17)29(14-3-2-13-26)21-6-4-5-19-20(21)15-30(25(19)34)22-11-12-23(32)28-24(22)33/h4-6,17-18,22H,2-3,7-15,26H2,1H3,(H,27,31)(H,28,32,33). The van der Waals surface area contributed by atoms with E-state index in [4.69, 9.17) is 5.73 Å². The summed E-state index contributed by atoms with van der Waals surface area (Å²) in [5.41, 5.74) is 8.39. The normalized spacial score (nSPS) is 24.6. The van der Waals surface area contributed by atoms with E-state index >= 15 is 0 Å². The van der Waals surface area contributed by atoms with Crippen LogP contribution in [0.25, 0.3) is 0 Å². The molecule has 1 unspecified atom stereocenters. The average Bonchev–Trinajstić information content (AvgIpc) is 3.14. The van der Waals surface area contributed by atoms with E-state index in [1.54, 1.807) is 11.8 Å². The summed E-state index contributed by atoms with van der Waals surface area (Å²) in [5, 5.41) is 5.41. The number of nitrogens with one attached hydrogen (secondary N) is 2. The van der Waals surface area contributed by atoms with E-state index in [9.17, 15) is 19.2 Å². The smallest absolute Gasteiger partial charge is 0.255 e. The molecule has 2 heterocycles. The lowest BCUT2D eigenvalue weighted by Crippen LogP contribution is -2.52. The first kappa shape index (κ1) is 24.2. The number of nitrogens with zero attached hydrogens (tertiary/aromatic N) is 2. The second-order valence-corrected chi connectivity index (χ2v) is 9.60. The number of hydrogen-bond donors (Lipinski definition) is 3. The Kier molecular flexibility index (Phi) is 7.50. The zero-order valence-electron chi connectivity index (χ0n) is 19.8. The third-order valence-electron chi connectivity index (χ3n) is 7.26. The largest absolute Gasteiger partial charge is 0.368 e. The van der Waals surface area contributed by atoms with Gasteiger partial charge in [0.05, 0.1) is 0 Å². The fourth-order valence-electron chi connectivity index (χ4n) is 5.58. The molecule has 4 rings (SSSR count). The molecule has 4 amide bonds. The fraction of sp³-hybridized carbons (Fsp3) is 0.600. The first-order valence-corrected chi connectivity index (χ1v) is 12.4. The van der Waals surface area contributed by atoms with Crippen molar-refractivity contribution in [3.63, 3.8) is 0 Å². The van der Waals surface area contributed by atoms with Gasteiger partial charge in [0.25, 0.3) is 5.91 Å². The van der Waals surface area contributed by atoms with Crippen molar-refractivity contribution in [2.45, 2.75) is 83.0 Å². The van der Waals surface area contributed by atoms with Gasteiger partial charge < -0.3 is 20.9 Å². The Morgan fingerprint density at radius 3 is 2.59 bits per heavy atom. The number of amides is 4. The van der Waals surface area contributed by atoms with E-state index in [0.717, 1.165) is 56.3 Å². The lowest BCUT2D eigenvalue weighted by Gasteiger charge is -2.39. The van der Waals surface area contributed by atoms with Crippen LogP contribution in [-0.4, -0.2) is 59.7 Å². The molecule has 4 N–H and O–H groups in total. The van der Waals surface area contributed by atoms with Gasteiger partial charge in [0.1, 0.15) is 6.04 Å². The third kappa shape index (κ3) is 5.09. The summed E-state index contributed by atoms with van der Waals surface area (Å²) in [6.07, 6.45) is 6.25. The lowest BCUT2D eigenvalue weighted by atomic mass is 9.89. The molecule has 184 valence electrons. The molecule has 9 heteroatoms. The molecule has 0 bridgehead atoms. The Labute approximate surface area is 200 Å². The van der Waals surface area contributed by atoms with Crippen LogP contribution >= 0.6 is 0 Å². The maximum atomic E-state index is 13.3. The molecule has 1 aromatic carbocycles. The Hall–Kier alpha value is -2.94. The summed E-state index contributed by atoms with van der Waals surface area (Å²) in [7, 11) is 0. The Balaban J connectivity index is 1.56. The number of carbonyl (C=O) groups is 4. The zero-order chi connectivity index (χ0) is 24.2. The highest BCUT2D eigenvalue weighted by molar-refractivity contribution is 6.06. The topological polar surface area (TPSA) is 125 Å². The highest BCUT2D eigenvalue weighted by atomic mass is 16.2. The minimum Gasteiger partial charge on any atom is -0.368 e. The van der Waals surface area contributed by atoms with Crippen LogP contribution in [0.5, 0.6) is 0 Å². The SMILES string of the molecule is CC(=O)NC1CCC(N(CCCCN)c2cccc3c2CN(C2CCC(=O)NC2=O)C3=O)CC1. The fourth-order valence-corrected chi connectivity index (χ4v) is 5.58. The molecule has 0 spiro atoms. The predicted molar refractivity (Wildman–Crippen MR) is 128 cm³/mol. The molecule has 0 radical (unpaired) electrons. The van der Waals surface area contributed by atoms with Gasteiger partial charge in [-0.25, -0.2) is 0 Å². The average molecular weight is 470 g/mol. The highest BCUT2D eigenvalue weighted by Gasteiger charge is 2.40. The van der Waals surface area contributed by atoms with E-state index < -0.39 is 11.9 Å². The molecule has 1 aliphatic carbocycles. The molecular formula is C25H35N5O4. The molecule has 3 aliphatic rings. The quantitative estimate of drug-likeness (QED) is 0.391.